The van der Waals surface area contributed by atoms with E-state index in [0.29, 0.717) is 54.1 Å². The van der Waals surface area contributed by atoms with E-state index in [-0.39, 0.29) is 30.9 Å². The number of anilines is 1. The molecule has 1 fully saturated rings. The maximum atomic E-state index is 13.2. The second-order valence-corrected chi connectivity index (χ2v) is 8.59. The molecule has 0 saturated carbocycles. The fourth-order valence-electron chi connectivity index (χ4n) is 4.74. The number of amides is 4. The second kappa shape index (κ2) is 8.36. The van der Waals surface area contributed by atoms with Gasteiger partial charge < -0.3 is 14.4 Å². The highest BCUT2D eigenvalue weighted by molar-refractivity contribution is 6.10. The first-order valence-electron chi connectivity index (χ1n) is 11.1. The number of carbonyl (C=O) groups excluding carboxylic acids is 4. The van der Waals surface area contributed by atoms with E-state index in [1.165, 1.54) is 0 Å². The van der Waals surface area contributed by atoms with Crippen molar-refractivity contribution in [2.24, 2.45) is 0 Å². The van der Waals surface area contributed by atoms with Crippen LogP contribution in [0.5, 0.6) is 11.5 Å². The lowest BCUT2D eigenvalue weighted by Crippen LogP contribution is -2.62. The molecule has 0 aromatic heterocycles. The Balaban J connectivity index is 1.18. The van der Waals surface area contributed by atoms with Crippen LogP contribution in [-0.2, 0) is 9.59 Å². The normalized spacial score (nSPS) is 20.1. The van der Waals surface area contributed by atoms with Gasteiger partial charge in [0.15, 0.2) is 11.5 Å². The lowest BCUT2D eigenvalue weighted by Gasteiger charge is -2.48. The number of para-hydroxylation sites is 1. The summed E-state index contributed by atoms with van der Waals surface area (Å²) in [5.74, 6) is -0.00564. The number of rotatable bonds is 5. The van der Waals surface area contributed by atoms with Gasteiger partial charge in [-0.1, -0.05) is 12.1 Å². The Morgan fingerprint density at radius 3 is 2.71 bits per heavy atom. The summed E-state index contributed by atoms with van der Waals surface area (Å²) in [4.78, 5) is 53.8. The van der Waals surface area contributed by atoms with Gasteiger partial charge in [0, 0.05) is 24.9 Å². The zero-order valence-corrected chi connectivity index (χ0v) is 18.6. The van der Waals surface area contributed by atoms with Crippen molar-refractivity contribution in [2.75, 3.05) is 18.2 Å². The molecule has 2 N–H and O–H groups in total. The molecule has 4 amide bonds. The van der Waals surface area contributed by atoms with Crippen LogP contribution < -0.4 is 25.2 Å². The van der Waals surface area contributed by atoms with E-state index in [2.05, 4.69) is 10.9 Å². The van der Waals surface area contributed by atoms with Crippen molar-refractivity contribution in [3.8, 4) is 11.5 Å². The summed E-state index contributed by atoms with van der Waals surface area (Å²) in [6.45, 7) is 2.29. The fourth-order valence-corrected chi connectivity index (χ4v) is 4.74. The van der Waals surface area contributed by atoms with Crippen molar-refractivity contribution in [3.63, 3.8) is 0 Å². The highest BCUT2D eigenvalue weighted by Gasteiger charge is 2.52. The summed E-state index contributed by atoms with van der Waals surface area (Å²) in [5.41, 5.74) is 5.46. The van der Waals surface area contributed by atoms with Gasteiger partial charge in [0.25, 0.3) is 11.8 Å². The van der Waals surface area contributed by atoms with Gasteiger partial charge in [-0.2, -0.15) is 0 Å². The van der Waals surface area contributed by atoms with Gasteiger partial charge in [0.05, 0.1) is 11.3 Å². The van der Waals surface area contributed by atoms with Crippen molar-refractivity contribution in [1.82, 2.24) is 15.8 Å². The standard InChI is InChI=1S/C24H24N4O6/c1-24-11-10-21(30)28(24)17-6-3-2-5-16(17)23(32)27(24)12-4-7-20(29)25-26-22(31)15-8-9-18-19(13-15)34-14-33-18/h2-3,5-6,8-9,13H,4,7,10-12,14H2,1H3,(H,25,29)(H,26,31). The van der Waals surface area contributed by atoms with Crippen molar-refractivity contribution in [3.05, 3.63) is 53.6 Å². The van der Waals surface area contributed by atoms with Gasteiger partial charge in [-0.05, 0) is 50.1 Å². The van der Waals surface area contributed by atoms with E-state index < -0.39 is 11.6 Å². The molecule has 10 nitrogen and oxygen atoms in total. The zero-order valence-electron chi connectivity index (χ0n) is 18.6. The molecule has 1 atom stereocenters. The van der Waals surface area contributed by atoms with E-state index in [0.717, 1.165) is 0 Å². The minimum Gasteiger partial charge on any atom is -0.454 e. The minimum absolute atomic E-state index is 0.0172. The summed E-state index contributed by atoms with van der Waals surface area (Å²) in [5, 5.41) is 0. The number of fused-ring (bicyclic) bond motifs is 4. The second-order valence-electron chi connectivity index (χ2n) is 8.59. The average Bonchev–Trinajstić information content (AvgIpc) is 3.43. The molecule has 0 aliphatic carbocycles. The highest BCUT2D eigenvalue weighted by Crippen LogP contribution is 2.44. The maximum Gasteiger partial charge on any atom is 0.269 e. The zero-order chi connectivity index (χ0) is 23.9. The van der Waals surface area contributed by atoms with Gasteiger partial charge in [-0.15, -0.1) is 0 Å². The Hall–Kier alpha value is -4.08. The molecule has 1 unspecified atom stereocenters. The molecule has 3 heterocycles. The van der Waals surface area contributed by atoms with Crippen LogP contribution in [0, 0.1) is 0 Å². The summed E-state index contributed by atoms with van der Waals surface area (Å²) >= 11 is 0. The summed E-state index contributed by atoms with van der Waals surface area (Å²) in [6, 6.07) is 11.8. The average molecular weight is 464 g/mol. The van der Waals surface area contributed by atoms with Gasteiger partial charge in [-0.25, -0.2) is 0 Å². The summed E-state index contributed by atoms with van der Waals surface area (Å²) < 4.78 is 10.5. The molecular weight excluding hydrogens is 440 g/mol. The number of hydrogen-bond donors (Lipinski definition) is 2. The molecule has 0 radical (unpaired) electrons. The largest absolute Gasteiger partial charge is 0.454 e. The molecule has 1 saturated heterocycles. The predicted molar refractivity (Wildman–Crippen MR) is 120 cm³/mol. The number of hydrazine groups is 1. The van der Waals surface area contributed by atoms with Crippen LogP contribution in [0.3, 0.4) is 0 Å². The third kappa shape index (κ3) is 3.60. The molecule has 2 aromatic rings. The monoisotopic (exact) mass is 464 g/mol. The number of benzene rings is 2. The van der Waals surface area contributed by atoms with E-state index in [1.54, 1.807) is 46.2 Å². The van der Waals surface area contributed by atoms with Crippen LogP contribution in [0.15, 0.2) is 42.5 Å². The first-order valence-corrected chi connectivity index (χ1v) is 11.1. The topological polar surface area (TPSA) is 117 Å². The third-order valence-electron chi connectivity index (χ3n) is 6.48. The minimum atomic E-state index is -0.757. The molecule has 10 heteroatoms. The number of nitrogens with zero attached hydrogens (tertiary/aromatic N) is 2. The molecular formula is C24H24N4O6. The molecule has 0 spiro atoms. The number of carbonyl (C=O) groups is 4. The van der Waals surface area contributed by atoms with Crippen molar-refractivity contribution < 1.29 is 28.7 Å². The van der Waals surface area contributed by atoms with Crippen LogP contribution >= 0.6 is 0 Å². The van der Waals surface area contributed by atoms with Crippen LogP contribution in [0.2, 0.25) is 0 Å². The summed E-state index contributed by atoms with van der Waals surface area (Å²) in [6.07, 6.45) is 1.36. The van der Waals surface area contributed by atoms with Crippen LogP contribution in [0.1, 0.15) is 53.3 Å². The molecule has 2 aromatic carbocycles. The first kappa shape index (κ1) is 21.7. The maximum absolute atomic E-state index is 13.2. The first-order chi connectivity index (χ1) is 16.4. The lowest BCUT2D eigenvalue weighted by molar-refractivity contribution is -0.122. The molecule has 5 rings (SSSR count). The quantitative estimate of drug-likeness (QED) is 0.654. The van der Waals surface area contributed by atoms with E-state index in [4.69, 9.17) is 9.47 Å². The Morgan fingerprint density at radius 2 is 1.85 bits per heavy atom. The smallest absolute Gasteiger partial charge is 0.269 e. The van der Waals surface area contributed by atoms with E-state index >= 15 is 0 Å². The molecule has 3 aliphatic heterocycles. The lowest BCUT2D eigenvalue weighted by atomic mass is 9.98. The van der Waals surface area contributed by atoms with E-state index in [1.807, 2.05) is 13.0 Å². The van der Waals surface area contributed by atoms with Crippen LogP contribution in [0.4, 0.5) is 5.69 Å². The Bertz CT molecular complexity index is 1200. The number of nitrogens with one attached hydrogen (secondary N) is 2. The van der Waals surface area contributed by atoms with Gasteiger partial charge in [0.2, 0.25) is 18.6 Å². The predicted octanol–water partition coefficient (Wildman–Crippen LogP) is 1.96. The Kier molecular flexibility index (Phi) is 5.35. The van der Waals surface area contributed by atoms with Crippen molar-refractivity contribution in [1.29, 1.82) is 0 Å². The van der Waals surface area contributed by atoms with E-state index in [9.17, 15) is 19.2 Å². The molecule has 3 aliphatic rings. The van der Waals surface area contributed by atoms with Crippen LogP contribution in [0.25, 0.3) is 0 Å². The van der Waals surface area contributed by atoms with Crippen molar-refractivity contribution >= 4 is 29.3 Å². The molecule has 0 bridgehead atoms. The van der Waals surface area contributed by atoms with Gasteiger partial charge in [-0.3, -0.25) is 34.9 Å². The molecule has 176 valence electrons. The van der Waals surface area contributed by atoms with Gasteiger partial charge in [0.1, 0.15) is 5.66 Å². The van der Waals surface area contributed by atoms with Crippen LogP contribution in [-0.4, -0.2) is 47.5 Å². The Morgan fingerprint density at radius 1 is 1.06 bits per heavy atom. The third-order valence-corrected chi connectivity index (χ3v) is 6.48. The Labute approximate surface area is 195 Å². The SMILES string of the molecule is CC12CCC(=O)N1c1ccccc1C(=O)N2CCCC(=O)NNC(=O)c1ccc2c(c1)OCO2. The summed E-state index contributed by atoms with van der Waals surface area (Å²) in [7, 11) is 0. The van der Waals surface area contributed by atoms with Crippen molar-refractivity contribution in [2.45, 2.75) is 38.3 Å². The number of ether oxygens (including phenoxy) is 2. The number of hydrogen-bond acceptors (Lipinski definition) is 6. The van der Waals surface area contributed by atoms with Gasteiger partial charge >= 0.3 is 0 Å². The molecule has 34 heavy (non-hydrogen) atoms. The fraction of sp³-hybridized carbons (Fsp3) is 0.333. The highest BCUT2D eigenvalue weighted by atomic mass is 16.7.